The molecule has 0 fully saturated rings. The molecule has 0 aliphatic rings. The van der Waals surface area contributed by atoms with E-state index in [-0.39, 0.29) is 23.2 Å². The van der Waals surface area contributed by atoms with Crippen molar-refractivity contribution in [3.8, 4) is 11.5 Å². The summed E-state index contributed by atoms with van der Waals surface area (Å²) in [4.78, 5) is 0. The van der Waals surface area contributed by atoms with Crippen molar-refractivity contribution in [3.05, 3.63) is 95.3 Å². The first-order valence-electron chi connectivity index (χ1n) is 6.97. The molecule has 0 bridgehead atoms. The highest BCUT2D eigenvalue weighted by Crippen LogP contribution is 2.34. The van der Waals surface area contributed by atoms with E-state index in [1.165, 1.54) is 6.07 Å². The molecule has 0 aliphatic heterocycles. The molecule has 22 heavy (non-hydrogen) atoms. The van der Waals surface area contributed by atoms with Crippen LogP contribution < -0.4 is 0 Å². The Balaban J connectivity index is 2.16. The quantitative estimate of drug-likeness (QED) is 0.702. The Kier molecular flexibility index (Phi) is 3.79. The first-order valence-corrected chi connectivity index (χ1v) is 6.97. The van der Waals surface area contributed by atoms with Crippen LogP contribution >= 0.6 is 0 Å². The molecular formula is C19H15FO2. The SMILES string of the molecule is Oc1ccc(C(c2ccc(O)cc2)c2ccccc2F)cc1. The Bertz CT molecular complexity index is 719. The number of phenols is 2. The molecule has 0 unspecified atom stereocenters. The fraction of sp³-hybridized carbons (Fsp3) is 0.0526. The van der Waals surface area contributed by atoms with Gasteiger partial charge in [-0.25, -0.2) is 4.39 Å². The van der Waals surface area contributed by atoms with Crippen molar-refractivity contribution in [2.75, 3.05) is 0 Å². The van der Waals surface area contributed by atoms with Crippen LogP contribution in [-0.2, 0) is 0 Å². The predicted molar refractivity (Wildman–Crippen MR) is 83.6 cm³/mol. The Morgan fingerprint density at radius 3 is 1.55 bits per heavy atom. The maximum Gasteiger partial charge on any atom is 0.127 e. The first-order chi connectivity index (χ1) is 10.6. The topological polar surface area (TPSA) is 40.5 Å². The average molecular weight is 294 g/mol. The third kappa shape index (κ3) is 2.79. The molecule has 0 atom stereocenters. The lowest BCUT2D eigenvalue weighted by Crippen LogP contribution is -2.05. The Labute approximate surface area is 128 Å². The number of aromatic hydroxyl groups is 2. The van der Waals surface area contributed by atoms with Crippen LogP contribution in [-0.4, -0.2) is 10.2 Å². The van der Waals surface area contributed by atoms with Gasteiger partial charge in [-0.3, -0.25) is 0 Å². The Morgan fingerprint density at radius 1 is 0.636 bits per heavy atom. The number of rotatable bonds is 3. The highest BCUT2D eigenvalue weighted by atomic mass is 19.1. The lowest BCUT2D eigenvalue weighted by molar-refractivity contribution is 0.475. The van der Waals surface area contributed by atoms with E-state index in [4.69, 9.17) is 0 Å². The van der Waals surface area contributed by atoms with Crippen molar-refractivity contribution >= 4 is 0 Å². The Hall–Kier alpha value is -2.81. The van der Waals surface area contributed by atoms with E-state index in [9.17, 15) is 14.6 Å². The maximum atomic E-state index is 14.3. The summed E-state index contributed by atoms with van der Waals surface area (Å²) in [6, 6.07) is 20.1. The molecule has 110 valence electrons. The van der Waals surface area contributed by atoms with Gasteiger partial charge >= 0.3 is 0 Å². The summed E-state index contributed by atoms with van der Waals surface area (Å²) < 4.78 is 14.3. The highest BCUT2D eigenvalue weighted by molar-refractivity contribution is 5.45. The van der Waals surface area contributed by atoms with Crippen molar-refractivity contribution in [2.45, 2.75) is 5.92 Å². The molecule has 3 aromatic carbocycles. The van der Waals surface area contributed by atoms with Gasteiger partial charge in [0, 0.05) is 5.92 Å². The van der Waals surface area contributed by atoms with Crippen molar-refractivity contribution in [2.24, 2.45) is 0 Å². The van der Waals surface area contributed by atoms with Gasteiger partial charge in [0.15, 0.2) is 0 Å². The monoisotopic (exact) mass is 294 g/mol. The summed E-state index contributed by atoms with van der Waals surface area (Å²) in [7, 11) is 0. The van der Waals surface area contributed by atoms with Crippen molar-refractivity contribution < 1.29 is 14.6 Å². The second-order valence-corrected chi connectivity index (χ2v) is 5.14. The van der Waals surface area contributed by atoms with Crippen LogP contribution in [0.25, 0.3) is 0 Å². The second kappa shape index (κ2) is 5.90. The molecular weight excluding hydrogens is 279 g/mol. The minimum Gasteiger partial charge on any atom is -0.508 e. The zero-order chi connectivity index (χ0) is 15.5. The van der Waals surface area contributed by atoms with Crippen LogP contribution in [0.4, 0.5) is 4.39 Å². The fourth-order valence-corrected chi connectivity index (χ4v) is 2.59. The van der Waals surface area contributed by atoms with E-state index in [0.717, 1.165) is 11.1 Å². The largest absolute Gasteiger partial charge is 0.508 e. The number of hydrogen-bond acceptors (Lipinski definition) is 2. The standard InChI is InChI=1S/C19H15FO2/c20-18-4-2-1-3-17(18)19(13-5-9-15(21)10-6-13)14-7-11-16(22)12-8-14/h1-12,19,21-22H. The van der Waals surface area contributed by atoms with Gasteiger partial charge in [0.05, 0.1) is 0 Å². The van der Waals surface area contributed by atoms with Crippen LogP contribution in [0.3, 0.4) is 0 Å². The molecule has 0 heterocycles. The number of benzene rings is 3. The third-order valence-electron chi connectivity index (χ3n) is 3.67. The minimum absolute atomic E-state index is 0.168. The second-order valence-electron chi connectivity index (χ2n) is 5.14. The minimum atomic E-state index is -0.303. The lowest BCUT2D eigenvalue weighted by Gasteiger charge is -2.19. The van der Waals surface area contributed by atoms with Gasteiger partial charge < -0.3 is 10.2 Å². The summed E-state index contributed by atoms with van der Waals surface area (Å²) in [5.74, 6) is -0.250. The number of phenolic OH excluding ortho intramolecular Hbond substituents is 2. The van der Waals surface area contributed by atoms with Crippen LogP contribution in [0, 0.1) is 5.82 Å². The zero-order valence-electron chi connectivity index (χ0n) is 11.8. The van der Waals surface area contributed by atoms with Crippen LogP contribution in [0.2, 0.25) is 0 Å². The maximum absolute atomic E-state index is 14.3. The third-order valence-corrected chi connectivity index (χ3v) is 3.67. The van der Waals surface area contributed by atoms with E-state index >= 15 is 0 Å². The van der Waals surface area contributed by atoms with Gasteiger partial charge in [-0.05, 0) is 47.0 Å². The van der Waals surface area contributed by atoms with Gasteiger partial charge in [-0.2, -0.15) is 0 Å². The van der Waals surface area contributed by atoms with E-state index in [1.807, 2.05) is 0 Å². The Morgan fingerprint density at radius 2 is 1.09 bits per heavy atom. The molecule has 0 radical (unpaired) electrons. The summed E-state index contributed by atoms with van der Waals surface area (Å²) >= 11 is 0. The van der Waals surface area contributed by atoms with Crippen LogP contribution in [0.5, 0.6) is 11.5 Å². The molecule has 3 rings (SSSR count). The van der Waals surface area contributed by atoms with Crippen LogP contribution in [0.15, 0.2) is 72.8 Å². The zero-order valence-corrected chi connectivity index (χ0v) is 11.8. The average Bonchev–Trinajstić information content (AvgIpc) is 2.53. The van der Waals surface area contributed by atoms with E-state index in [2.05, 4.69) is 0 Å². The van der Waals surface area contributed by atoms with Crippen molar-refractivity contribution in [3.63, 3.8) is 0 Å². The van der Waals surface area contributed by atoms with Gasteiger partial charge in [0.25, 0.3) is 0 Å². The summed E-state index contributed by atoms with van der Waals surface area (Å²) in [6.07, 6.45) is 0. The molecule has 3 heteroatoms. The molecule has 0 saturated carbocycles. The number of hydrogen-bond donors (Lipinski definition) is 2. The van der Waals surface area contributed by atoms with E-state index in [1.54, 1.807) is 66.7 Å². The van der Waals surface area contributed by atoms with E-state index in [0.29, 0.717) is 5.56 Å². The smallest absolute Gasteiger partial charge is 0.127 e. The van der Waals surface area contributed by atoms with Gasteiger partial charge in [-0.15, -0.1) is 0 Å². The molecule has 0 amide bonds. The highest BCUT2D eigenvalue weighted by Gasteiger charge is 2.19. The molecule has 0 spiro atoms. The lowest BCUT2D eigenvalue weighted by atomic mass is 9.85. The van der Waals surface area contributed by atoms with Crippen molar-refractivity contribution in [1.29, 1.82) is 0 Å². The van der Waals surface area contributed by atoms with Gasteiger partial charge in [0.1, 0.15) is 17.3 Å². The van der Waals surface area contributed by atoms with Crippen molar-refractivity contribution in [1.82, 2.24) is 0 Å². The summed E-state index contributed by atoms with van der Waals surface area (Å²) in [6.45, 7) is 0. The molecule has 2 nitrogen and oxygen atoms in total. The van der Waals surface area contributed by atoms with Crippen LogP contribution in [0.1, 0.15) is 22.6 Å². The van der Waals surface area contributed by atoms with Gasteiger partial charge in [-0.1, -0.05) is 42.5 Å². The number of halogens is 1. The molecule has 3 aromatic rings. The summed E-state index contributed by atoms with van der Waals surface area (Å²) in [5.41, 5.74) is 2.29. The predicted octanol–water partition coefficient (Wildman–Crippen LogP) is 4.42. The van der Waals surface area contributed by atoms with Gasteiger partial charge in [0.2, 0.25) is 0 Å². The van der Waals surface area contributed by atoms with E-state index < -0.39 is 0 Å². The summed E-state index contributed by atoms with van der Waals surface area (Å²) in [5, 5.41) is 18.9. The molecule has 0 aliphatic carbocycles. The normalized spacial score (nSPS) is 10.8. The molecule has 2 N–H and O–H groups in total. The molecule has 0 saturated heterocycles. The first kappa shape index (κ1) is 14.1. The fourth-order valence-electron chi connectivity index (χ4n) is 2.59. The molecule has 0 aromatic heterocycles.